The van der Waals surface area contributed by atoms with Crippen molar-refractivity contribution in [2.24, 2.45) is 5.73 Å². The minimum absolute atomic E-state index is 0.0300. The van der Waals surface area contributed by atoms with E-state index in [9.17, 15) is 0 Å². The van der Waals surface area contributed by atoms with Gasteiger partial charge in [0.1, 0.15) is 11.9 Å². The van der Waals surface area contributed by atoms with Gasteiger partial charge in [-0.3, -0.25) is 4.98 Å². The molecule has 0 bridgehead atoms. The van der Waals surface area contributed by atoms with Gasteiger partial charge in [-0.25, -0.2) is 0 Å². The van der Waals surface area contributed by atoms with Crippen LogP contribution in [-0.4, -0.2) is 36.1 Å². The molecule has 2 N–H and O–H groups in total. The summed E-state index contributed by atoms with van der Waals surface area (Å²) in [6, 6.07) is 3.98. The van der Waals surface area contributed by atoms with Crippen molar-refractivity contribution in [3.63, 3.8) is 0 Å². The summed E-state index contributed by atoms with van der Waals surface area (Å²) in [5, 5.41) is 0. The van der Waals surface area contributed by atoms with Crippen LogP contribution in [0.3, 0.4) is 0 Å². The standard InChI is InChI=1S/C14H23N3O/c1-3-13(15)14-5-4-12(10-16-14)18-11-6-8-17(2)9-7-11/h4-5,10-11,13H,3,6-9,15H2,1-2H3/t13-/m1/s1. The minimum Gasteiger partial charge on any atom is -0.489 e. The van der Waals surface area contributed by atoms with E-state index in [1.54, 1.807) is 6.20 Å². The summed E-state index contributed by atoms with van der Waals surface area (Å²) < 4.78 is 5.94. The summed E-state index contributed by atoms with van der Waals surface area (Å²) in [5.74, 6) is 0.858. The van der Waals surface area contributed by atoms with Crippen molar-refractivity contribution in [1.82, 2.24) is 9.88 Å². The Morgan fingerprint density at radius 3 is 2.72 bits per heavy atom. The SMILES string of the molecule is CC[C@@H](N)c1ccc(OC2CCN(C)CC2)cn1. The van der Waals surface area contributed by atoms with E-state index < -0.39 is 0 Å². The van der Waals surface area contributed by atoms with Crippen LogP contribution in [0.4, 0.5) is 0 Å². The molecular weight excluding hydrogens is 226 g/mol. The number of piperidine rings is 1. The van der Waals surface area contributed by atoms with Crippen LogP contribution in [0.25, 0.3) is 0 Å². The largest absolute Gasteiger partial charge is 0.489 e. The number of rotatable bonds is 4. The smallest absolute Gasteiger partial charge is 0.138 e. The monoisotopic (exact) mass is 249 g/mol. The number of hydrogen-bond acceptors (Lipinski definition) is 4. The van der Waals surface area contributed by atoms with Crippen LogP contribution in [0, 0.1) is 0 Å². The fourth-order valence-electron chi connectivity index (χ4n) is 2.19. The van der Waals surface area contributed by atoms with Crippen molar-refractivity contribution >= 4 is 0 Å². The molecule has 1 saturated heterocycles. The third kappa shape index (κ3) is 3.43. The highest BCUT2D eigenvalue weighted by Crippen LogP contribution is 2.19. The summed E-state index contributed by atoms with van der Waals surface area (Å²) in [5.41, 5.74) is 6.87. The molecule has 100 valence electrons. The van der Waals surface area contributed by atoms with Gasteiger partial charge in [0.25, 0.3) is 0 Å². The first-order chi connectivity index (χ1) is 8.69. The molecule has 1 aromatic rings. The fraction of sp³-hybridized carbons (Fsp3) is 0.643. The Hall–Kier alpha value is -1.13. The number of aromatic nitrogens is 1. The van der Waals surface area contributed by atoms with Gasteiger partial charge in [0.15, 0.2) is 0 Å². The Kier molecular flexibility index (Phi) is 4.55. The van der Waals surface area contributed by atoms with E-state index in [2.05, 4.69) is 23.9 Å². The molecule has 4 nitrogen and oxygen atoms in total. The maximum Gasteiger partial charge on any atom is 0.138 e. The van der Waals surface area contributed by atoms with Crippen LogP contribution < -0.4 is 10.5 Å². The molecule has 1 aromatic heterocycles. The van der Waals surface area contributed by atoms with Crippen molar-refractivity contribution in [2.45, 2.75) is 38.3 Å². The first kappa shape index (κ1) is 13.3. The molecule has 0 aromatic carbocycles. The number of nitrogens with two attached hydrogens (primary N) is 1. The molecule has 0 amide bonds. The molecule has 4 heteroatoms. The van der Waals surface area contributed by atoms with Gasteiger partial charge in [0.2, 0.25) is 0 Å². The highest BCUT2D eigenvalue weighted by Gasteiger charge is 2.18. The molecule has 0 spiro atoms. The van der Waals surface area contributed by atoms with Crippen LogP contribution in [0.2, 0.25) is 0 Å². The maximum atomic E-state index is 5.94. The number of likely N-dealkylation sites (tertiary alicyclic amines) is 1. The Labute approximate surface area is 109 Å². The topological polar surface area (TPSA) is 51.4 Å². The number of pyridine rings is 1. The summed E-state index contributed by atoms with van der Waals surface area (Å²) in [4.78, 5) is 6.70. The molecular formula is C14H23N3O. The quantitative estimate of drug-likeness (QED) is 0.886. The van der Waals surface area contributed by atoms with Gasteiger partial charge in [0, 0.05) is 19.1 Å². The van der Waals surface area contributed by atoms with E-state index in [1.807, 2.05) is 12.1 Å². The first-order valence-electron chi connectivity index (χ1n) is 6.75. The molecule has 1 aliphatic rings. The summed E-state index contributed by atoms with van der Waals surface area (Å²) in [7, 11) is 2.15. The van der Waals surface area contributed by atoms with E-state index in [0.29, 0.717) is 6.10 Å². The Morgan fingerprint density at radius 2 is 2.17 bits per heavy atom. The van der Waals surface area contributed by atoms with Gasteiger partial charge in [0.05, 0.1) is 11.9 Å². The minimum atomic E-state index is 0.0300. The summed E-state index contributed by atoms with van der Waals surface area (Å²) in [6.45, 7) is 4.28. The molecule has 0 radical (unpaired) electrons. The zero-order chi connectivity index (χ0) is 13.0. The Bertz CT molecular complexity index is 358. The van der Waals surface area contributed by atoms with Gasteiger partial charge >= 0.3 is 0 Å². The average Bonchev–Trinajstić information content (AvgIpc) is 2.41. The second kappa shape index (κ2) is 6.16. The van der Waals surface area contributed by atoms with Crippen LogP contribution in [0.5, 0.6) is 5.75 Å². The average molecular weight is 249 g/mol. The van der Waals surface area contributed by atoms with Crippen LogP contribution in [-0.2, 0) is 0 Å². The Balaban J connectivity index is 1.90. The molecule has 1 fully saturated rings. The van der Waals surface area contributed by atoms with Crippen LogP contribution in [0.15, 0.2) is 18.3 Å². The number of hydrogen-bond donors (Lipinski definition) is 1. The number of nitrogens with zero attached hydrogens (tertiary/aromatic N) is 2. The lowest BCUT2D eigenvalue weighted by Crippen LogP contribution is -2.35. The second-order valence-electron chi connectivity index (χ2n) is 5.05. The predicted molar refractivity (Wildman–Crippen MR) is 72.6 cm³/mol. The van der Waals surface area contributed by atoms with Gasteiger partial charge in [-0.1, -0.05) is 6.92 Å². The molecule has 1 aliphatic heterocycles. The molecule has 0 saturated carbocycles. The molecule has 18 heavy (non-hydrogen) atoms. The van der Waals surface area contributed by atoms with Gasteiger partial charge in [-0.15, -0.1) is 0 Å². The van der Waals surface area contributed by atoms with Gasteiger partial charge in [-0.05, 0) is 38.4 Å². The van der Waals surface area contributed by atoms with Crippen molar-refractivity contribution in [3.05, 3.63) is 24.0 Å². The maximum absolute atomic E-state index is 5.94. The van der Waals surface area contributed by atoms with E-state index in [1.165, 1.54) is 0 Å². The zero-order valence-corrected chi connectivity index (χ0v) is 11.3. The van der Waals surface area contributed by atoms with Crippen molar-refractivity contribution in [1.29, 1.82) is 0 Å². The van der Waals surface area contributed by atoms with Gasteiger partial charge in [-0.2, -0.15) is 0 Å². The van der Waals surface area contributed by atoms with E-state index in [-0.39, 0.29) is 6.04 Å². The Morgan fingerprint density at radius 1 is 1.44 bits per heavy atom. The normalized spacial score (nSPS) is 19.7. The van der Waals surface area contributed by atoms with Crippen molar-refractivity contribution < 1.29 is 4.74 Å². The van der Waals surface area contributed by atoms with Crippen LogP contribution >= 0.6 is 0 Å². The first-order valence-corrected chi connectivity index (χ1v) is 6.75. The fourth-order valence-corrected chi connectivity index (χ4v) is 2.19. The van der Waals surface area contributed by atoms with E-state index in [4.69, 9.17) is 10.5 Å². The lowest BCUT2D eigenvalue weighted by Gasteiger charge is -2.29. The van der Waals surface area contributed by atoms with E-state index in [0.717, 1.165) is 43.8 Å². The van der Waals surface area contributed by atoms with E-state index >= 15 is 0 Å². The highest BCUT2D eigenvalue weighted by molar-refractivity contribution is 5.21. The molecule has 1 atom stereocenters. The third-order valence-corrected chi connectivity index (χ3v) is 3.55. The predicted octanol–water partition coefficient (Wildman–Crippen LogP) is 1.96. The van der Waals surface area contributed by atoms with Crippen molar-refractivity contribution in [3.8, 4) is 5.75 Å². The third-order valence-electron chi connectivity index (χ3n) is 3.55. The lowest BCUT2D eigenvalue weighted by molar-refractivity contribution is 0.114. The van der Waals surface area contributed by atoms with Crippen LogP contribution in [0.1, 0.15) is 37.9 Å². The second-order valence-corrected chi connectivity index (χ2v) is 5.05. The molecule has 0 unspecified atom stereocenters. The summed E-state index contributed by atoms with van der Waals surface area (Å²) >= 11 is 0. The lowest BCUT2D eigenvalue weighted by atomic mass is 10.1. The number of ether oxygens (including phenoxy) is 1. The van der Waals surface area contributed by atoms with Crippen molar-refractivity contribution in [2.75, 3.05) is 20.1 Å². The molecule has 2 rings (SSSR count). The zero-order valence-electron chi connectivity index (χ0n) is 11.3. The highest BCUT2D eigenvalue weighted by atomic mass is 16.5. The summed E-state index contributed by atoms with van der Waals surface area (Å²) in [6.07, 6.45) is 5.21. The molecule has 2 heterocycles. The van der Waals surface area contributed by atoms with Gasteiger partial charge < -0.3 is 15.4 Å². The molecule has 0 aliphatic carbocycles.